The average molecular weight is 236 g/mol. The summed E-state index contributed by atoms with van der Waals surface area (Å²) in [5.41, 5.74) is 0.878. The molecule has 2 N–H and O–H groups in total. The van der Waals surface area contributed by atoms with Gasteiger partial charge in [-0.15, -0.1) is 0 Å². The molecule has 1 fully saturated rings. The average Bonchev–Trinajstić information content (AvgIpc) is 2.30. The number of aromatic nitrogens is 1. The monoisotopic (exact) mass is 236 g/mol. The maximum Gasteiger partial charge on any atom is 0.363 e. The van der Waals surface area contributed by atoms with Crippen LogP contribution in [0.25, 0.3) is 0 Å². The molecule has 0 radical (unpaired) electrons. The lowest BCUT2D eigenvalue weighted by Gasteiger charge is -2.35. The molecule has 6 nitrogen and oxygen atoms in total. The SMILES string of the molecule is CC1(Nc2ccc([N+](=O)[O-])nc2)CCNCC1. The van der Waals surface area contributed by atoms with E-state index in [1.165, 1.54) is 12.3 Å². The third-order valence-corrected chi connectivity index (χ3v) is 3.09. The highest BCUT2D eigenvalue weighted by atomic mass is 16.6. The minimum atomic E-state index is -0.490. The smallest absolute Gasteiger partial charge is 0.363 e. The van der Waals surface area contributed by atoms with Crippen LogP contribution < -0.4 is 10.6 Å². The Morgan fingerprint density at radius 2 is 2.18 bits per heavy atom. The van der Waals surface area contributed by atoms with Gasteiger partial charge in [-0.3, -0.25) is 0 Å². The standard InChI is InChI=1S/C11H16N4O2/c1-11(4-6-12-7-5-11)14-9-2-3-10(13-8-9)15(16)17/h2-3,8,12,14H,4-7H2,1H3. The molecule has 6 heteroatoms. The zero-order valence-electron chi connectivity index (χ0n) is 9.77. The summed E-state index contributed by atoms with van der Waals surface area (Å²) >= 11 is 0. The lowest BCUT2D eigenvalue weighted by atomic mass is 9.90. The molecule has 0 unspecified atom stereocenters. The van der Waals surface area contributed by atoms with Crippen molar-refractivity contribution in [3.8, 4) is 0 Å². The molecule has 0 aliphatic carbocycles. The lowest BCUT2D eigenvalue weighted by Crippen LogP contribution is -2.45. The number of hydrogen-bond donors (Lipinski definition) is 2. The molecule has 0 atom stereocenters. The lowest BCUT2D eigenvalue weighted by molar-refractivity contribution is -0.389. The van der Waals surface area contributed by atoms with Crippen LogP contribution in [-0.4, -0.2) is 28.5 Å². The Balaban J connectivity index is 2.05. The highest BCUT2D eigenvalue weighted by Crippen LogP contribution is 2.23. The van der Waals surface area contributed by atoms with Gasteiger partial charge in [0.05, 0.1) is 5.69 Å². The fraction of sp³-hybridized carbons (Fsp3) is 0.545. The minimum Gasteiger partial charge on any atom is -0.377 e. The summed E-state index contributed by atoms with van der Waals surface area (Å²) in [6.45, 7) is 4.14. The summed E-state index contributed by atoms with van der Waals surface area (Å²) < 4.78 is 0. The van der Waals surface area contributed by atoms with E-state index in [1.54, 1.807) is 6.07 Å². The van der Waals surface area contributed by atoms with Crippen molar-refractivity contribution in [1.82, 2.24) is 10.3 Å². The van der Waals surface area contributed by atoms with Crippen molar-refractivity contribution in [2.45, 2.75) is 25.3 Å². The molecule has 0 spiro atoms. The van der Waals surface area contributed by atoms with Crippen molar-refractivity contribution in [1.29, 1.82) is 0 Å². The molecule has 0 amide bonds. The molecule has 2 rings (SSSR count). The fourth-order valence-electron chi connectivity index (χ4n) is 2.02. The summed E-state index contributed by atoms with van der Waals surface area (Å²) in [6.07, 6.45) is 3.58. The molecule has 1 aromatic rings. The van der Waals surface area contributed by atoms with Crippen LogP contribution in [-0.2, 0) is 0 Å². The Hall–Kier alpha value is -1.69. The van der Waals surface area contributed by atoms with Crippen LogP contribution in [0.1, 0.15) is 19.8 Å². The van der Waals surface area contributed by atoms with Gasteiger partial charge in [-0.1, -0.05) is 0 Å². The van der Waals surface area contributed by atoms with Crippen LogP contribution in [0, 0.1) is 10.1 Å². The number of anilines is 1. The number of piperidine rings is 1. The van der Waals surface area contributed by atoms with E-state index in [1.807, 2.05) is 0 Å². The molecule has 1 saturated heterocycles. The quantitative estimate of drug-likeness (QED) is 0.614. The molecule has 1 aliphatic heterocycles. The molecule has 1 aliphatic rings. The molecule has 2 heterocycles. The molecule has 0 bridgehead atoms. The summed E-state index contributed by atoms with van der Waals surface area (Å²) in [4.78, 5) is 13.8. The van der Waals surface area contributed by atoms with Gasteiger partial charge in [-0.25, -0.2) is 0 Å². The maximum absolute atomic E-state index is 10.5. The van der Waals surface area contributed by atoms with E-state index in [0.29, 0.717) is 0 Å². The number of pyridine rings is 1. The fourth-order valence-corrected chi connectivity index (χ4v) is 2.02. The Morgan fingerprint density at radius 1 is 1.47 bits per heavy atom. The van der Waals surface area contributed by atoms with Gasteiger partial charge in [-0.05, 0) is 48.8 Å². The molecular formula is C11H16N4O2. The Kier molecular flexibility index (Phi) is 3.23. The first-order valence-electron chi connectivity index (χ1n) is 5.68. The van der Waals surface area contributed by atoms with Crippen molar-refractivity contribution in [3.05, 3.63) is 28.4 Å². The number of hydrogen-bond acceptors (Lipinski definition) is 5. The zero-order valence-corrected chi connectivity index (χ0v) is 9.77. The van der Waals surface area contributed by atoms with E-state index in [2.05, 4.69) is 22.5 Å². The first-order chi connectivity index (χ1) is 8.09. The molecular weight excluding hydrogens is 220 g/mol. The van der Waals surface area contributed by atoms with Crippen molar-refractivity contribution < 1.29 is 4.92 Å². The highest BCUT2D eigenvalue weighted by molar-refractivity contribution is 5.45. The van der Waals surface area contributed by atoms with Crippen molar-refractivity contribution in [2.75, 3.05) is 18.4 Å². The van der Waals surface area contributed by atoms with Gasteiger partial charge in [0.15, 0.2) is 6.20 Å². The van der Waals surface area contributed by atoms with E-state index < -0.39 is 4.92 Å². The minimum absolute atomic E-state index is 0.0447. The van der Waals surface area contributed by atoms with Crippen molar-refractivity contribution in [2.24, 2.45) is 0 Å². The molecule has 17 heavy (non-hydrogen) atoms. The summed E-state index contributed by atoms with van der Waals surface area (Å²) in [6, 6.07) is 3.13. The third kappa shape index (κ3) is 2.91. The number of nitrogens with one attached hydrogen (secondary N) is 2. The van der Waals surface area contributed by atoms with Gasteiger partial charge in [0.2, 0.25) is 0 Å². The zero-order chi connectivity index (χ0) is 12.3. The van der Waals surface area contributed by atoms with Gasteiger partial charge in [-0.2, -0.15) is 0 Å². The van der Waals surface area contributed by atoms with Crippen molar-refractivity contribution >= 4 is 11.5 Å². The second-order valence-electron chi connectivity index (χ2n) is 4.60. The predicted molar refractivity (Wildman–Crippen MR) is 65.0 cm³/mol. The van der Waals surface area contributed by atoms with Crippen LogP contribution in [0.3, 0.4) is 0 Å². The normalized spacial score (nSPS) is 18.6. The van der Waals surface area contributed by atoms with Crippen LogP contribution >= 0.6 is 0 Å². The first kappa shape index (κ1) is 11.8. The van der Waals surface area contributed by atoms with Gasteiger partial charge >= 0.3 is 5.82 Å². The van der Waals surface area contributed by atoms with Crippen LogP contribution in [0.5, 0.6) is 0 Å². The summed E-state index contributed by atoms with van der Waals surface area (Å²) in [7, 11) is 0. The third-order valence-electron chi connectivity index (χ3n) is 3.09. The van der Waals surface area contributed by atoms with Gasteiger partial charge < -0.3 is 20.7 Å². The van der Waals surface area contributed by atoms with Gasteiger partial charge in [0, 0.05) is 11.6 Å². The van der Waals surface area contributed by atoms with Crippen LogP contribution in [0.15, 0.2) is 18.3 Å². The van der Waals surface area contributed by atoms with E-state index in [0.717, 1.165) is 31.6 Å². The largest absolute Gasteiger partial charge is 0.377 e. The summed E-state index contributed by atoms with van der Waals surface area (Å²) in [5, 5.41) is 17.2. The Morgan fingerprint density at radius 3 is 2.71 bits per heavy atom. The topological polar surface area (TPSA) is 80.1 Å². The van der Waals surface area contributed by atoms with Gasteiger partial charge in [0.25, 0.3) is 0 Å². The highest BCUT2D eigenvalue weighted by Gasteiger charge is 2.26. The molecule has 0 aromatic carbocycles. The molecule has 0 saturated carbocycles. The predicted octanol–water partition coefficient (Wildman–Crippen LogP) is 1.54. The Labute approximate surface area is 99.6 Å². The van der Waals surface area contributed by atoms with Gasteiger partial charge in [0.1, 0.15) is 0 Å². The van der Waals surface area contributed by atoms with E-state index in [4.69, 9.17) is 0 Å². The Bertz CT molecular complexity index is 398. The number of nitrogens with zero attached hydrogens (tertiary/aromatic N) is 2. The number of rotatable bonds is 3. The molecule has 92 valence electrons. The first-order valence-corrected chi connectivity index (χ1v) is 5.68. The van der Waals surface area contributed by atoms with Crippen LogP contribution in [0.4, 0.5) is 11.5 Å². The van der Waals surface area contributed by atoms with E-state index >= 15 is 0 Å². The second kappa shape index (κ2) is 4.67. The van der Waals surface area contributed by atoms with Crippen molar-refractivity contribution in [3.63, 3.8) is 0 Å². The van der Waals surface area contributed by atoms with E-state index in [-0.39, 0.29) is 11.4 Å². The second-order valence-corrected chi connectivity index (χ2v) is 4.60. The number of nitro groups is 1. The van der Waals surface area contributed by atoms with E-state index in [9.17, 15) is 10.1 Å². The summed E-state index contributed by atoms with van der Waals surface area (Å²) in [5.74, 6) is -0.119. The van der Waals surface area contributed by atoms with Crippen LogP contribution in [0.2, 0.25) is 0 Å². The molecule has 1 aromatic heterocycles. The maximum atomic E-state index is 10.5.